The van der Waals surface area contributed by atoms with Crippen LogP contribution in [0.1, 0.15) is 25.7 Å². The van der Waals surface area contributed by atoms with Crippen molar-refractivity contribution >= 4 is 11.8 Å². The van der Waals surface area contributed by atoms with E-state index in [-0.39, 0.29) is 6.03 Å². The summed E-state index contributed by atoms with van der Waals surface area (Å²) < 4.78 is 1.63. The van der Waals surface area contributed by atoms with E-state index >= 15 is 0 Å². The monoisotopic (exact) mass is 271 g/mol. The third-order valence-corrected chi connectivity index (χ3v) is 3.41. The first kappa shape index (κ1) is 12.7. The second kappa shape index (κ2) is 5.73. The van der Waals surface area contributed by atoms with Gasteiger partial charge in [-0.05, 0) is 25.0 Å². The normalized spacial score (nSPS) is 15.2. The molecule has 20 heavy (non-hydrogen) atoms. The summed E-state index contributed by atoms with van der Waals surface area (Å²) >= 11 is 0. The number of hydrogen-bond donors (Lipinski definition) is 2. The molecular weight excluding hydrogens is 254 g/mol. The van der Waals surface area contributed by atoms with Gasteiger partial charge in [-0.3, -0.25) is 5.32 Å². The van der Waals surface area contributed by atoms with Crippen molar-refractivity contribution in [2.24, 2.45) is 0 Å². The van der Waals surface area contributed by atoms with Crippen molar-refractivity contribution < 1.29 is 4.79 Å². The van der Waals surface area contributed by atoms with E-state index in [1.165, 1.54) is 12.8 Å². The summed E-state index contributed by atoms with van der Waals surface area (Å²) in [7, 11) is 0. The van der Waals surface area contributed by atoms with Crippen LogP contribution in [0.5, 0.6) is 0 Å². The number of pyridine rings is 1. The van der Waals surface area contributed by atoms with Gasteiger partial charge in [0, 0.05) is 24.5 Å². The first-order chi connectivity index (χ1) is 9.81. The number of aromatic nitrogens is 3. The highest BCUT2D eigenvalue weighted by atomic mass is 16.2. The summed E-state index contributed by atoms with van der Waals surface area (Å²) in [5.41, 5.74) is 0. The van der Waals surface area contributed by atoms with E-state index in [1.807, 2.05) is 18.2 Å². The van der Waals surface area contributed by atoms with Crippen LogP contribution in [0.25, 0.3) is 5.82 Å². The molecule has 2 aromatic rings. The molecule has 1 aliphatic carbocycles. The van der Waals surface area contributed by atoms with Crippen molar-refractivity contribution in [1.29, 1.82) is 0 Å². The predicted octanol–water partition coefficient (Wildman–Crippen LogP) is 2.33. The van der Waals surface area contributed by atoms with Gasteiger partial charge in [-0.15, -0.1) is 5.10 Å². The highest BCUT2D eigenvalue weighted by Gasteiger charge is 2.17. The number of urea groups is 1. The molecule has 2 heterocycles. The van der Waals surface area contributed by atoms with E-state index < -0.39 is 0 Å². The molecule has 0 unspecified atom stereocenters. The molecule has 0 spiro atoms. The third kappa shape index (κ3) is 2.96. The average molecular weight is 271 g/mol. The quantitative estimate of drug-likeness (QED) is 0.900. The molecule has 0 aliphatic heterocycles. The number of carbonyl (C=O) groups excluding carboxylic acids is 1. The third-order valence-electron chi connectivity index (χ3n) is 3.41. The first-order valence-corrected chi connectivity index (χ1v) is 6.86. The van der Waals surface area contributed by atoms with E-state index in [1.54, 1.807) is 23.1 Å². The second-order valence-electron chi connectivity index (χ2n) is 4.91. The standard InChI is InChI=1S/C14H17N5O/c20-14(16-11-5-1-2-6-11)17-12-8-10-19(18-12)13-7-3-4-9-15-13/h3-4,7-11H,1-2,5-6H2,(H2,16,17,18,20). The van der Waals surface area contributed by atoms with Crippen LogP contribution in [0.4, 0.5) is 10.6 Å². The molecule has 1 fully saturated rings. The summed E-state index contributed by atoms with van der Waals surface area (Å²) in [4.78, 5) is 16.0. The van der Waals surface area contributed by atoms with Gasteiger partial charge in [-0.1, -0.05) is 18.9 Å². The van der Waals surface area contributed by atoms with E-state index in [0.29, 0.717) is 11.9 Å². The minimum Gasteiger partial charge on any atom is -0.335 e. The Morgan fingerprint density at radius 3 is 2.85 bits per heavy atom. The van der Waals surface area contributed by atoms with Crippen LogP contribution >= 0.6 is 0 Å². The lowest BCUT2D eigenvalue weighted by atomic mass is 10.3. The molecule has 0 atom stereocenters. The minimum absolute atomic E-state index is 0.192. The summed E-state index contributed by atoms with van der Waals surface area (Å²) in [6.45, 7) is 0. The van der Waals surface area contributed by atoms with Gasteiger partial charge in [0.25, 0.3) is 0 Å². The Hall–Kier alpha value is -2.37. The van der Waals surface area contributed by atoms with E-state index in [4.69, 9.17) is 0 Å². The summed E-state index contributed by atoms with van der Waals surface area (Å²) in [5.74, 6) is 1.24. The lowest BCUT2D eigenvalue weighted by Gasteiger charge is -2.11. The lowest BCUT2D eigenvalue weighted by Crippen LogP contribution is -2.36. The summed E-state index contributed by atoms with van der Waals surface area (Å²) in [6.07, 6.45) is 7.99. The van der Waals surface area contributed by atoms with Gasteiger partial charge in [-0.25, -0.2) is 14.5 Å². The first-order valence-electron chi connectivity index (χ1n) is 6.86. The molecule has 1 saturated carbocycles. The van der Waals surface area contributed by atoms with Crippen LogP contribution in [0.15, 0.2) is 36.7 Å². The molecule has 2 amide bonds. The molecule has 2 N–H and O–H groups in total. The van der Waals surface area contributed by atoms with E-state index in [2.05, 4.69) is 20.7 Å². The molecule has 2 aromatic heterocycles. The Morgan fingerprint density at radius 2 is 2.10 bits per heavy atom. The van der Waals surface area contributed by atoms with Gasteiger partial charge in [-0.2, -0.15) is 0 Å². The fourth-order valence-corrected chi connectivity index (χ4v) is 2.42. The topological polar surface area (TPSA) is 71.8 Å². The Bertz CT molecular complexity index is 574. The minimum atomic E-state index is -0.192. The number of carbonyl (C=O) groups is 1. The van der Waals surface area contributed by atoms with Crippen molar-refractivity contribution in [3.63, 3.8) is 0 Å². The molecule has 0 bridgehead atoms. The van der Waals surface area contributed by atoms with Crippen molar-refractivity contribution in [2.75, 3.05) is 5.32 Å². The van der Waals surface area contributed by atoms with Gasteiger partial charge in [0.1, 0.15) is 0 Å². The predicted molar refractivity (Wildman–Crippen MR) is 75.8 cm³/mol. The van der Waals surface area contributed by atoms with Crippen LogP contribution in [-0.4, -0.2) is 26.8 Å². The number of nitrogens with zero attached hydrogens (tertiary/aromatic N) is 3. The van der Waals surface area contributed by atoms with Gasteiger partial charge in [0.05, 0.1) is 0 Å². The summed E-state index contributed by atoms with van der Waals surface area (Å²) in [6, 6.07) is 7.46. The lowest BCUT2D eigenvalue weighted by molar-refractivity contribution is 0.248. The molecule has 6 heteroatoms. The molecule has 0 saturated heterocycles. The number of rotatable bonds is 3. The highest BCUT2D eigenvalue weighted by Crippen LogP contribution is 2.17. The number of amides is 2. The zero-order chi connectivity index (χ0) is 13.8. The van der Waals surface area contributed by atoms with Gasteiger partial charge in [0.15, 0.2) is 11.6 Å². The fraction of sp³-hybridized carbons (Fsp3) is 0.357. The molecule has 1 aliphatic rings. The van der Waals surface area contributed by atoms with Crippen LogP contribution in [0.2, 0.25) is 0 Å². The zero-order valence-corrected chi connectivity index (χ0v) is 11.1. The number of hydrogen-bond acceptors (Lipinski definition) is 3. The fourth-order valence-electron chi connectivity index (χ4n) is 2.42. The van der Waals surface area contributed by atoms with Crippen LogP contribution in [0, 0.1) is 0 Å². The highest BCUT2D eigenvalue weighted by molar-refractivity contribution is 5.88. The zero-order valence-electron chi connectivity index (χ0n) is 11.1. The largest absolute Gasteiger partial charge is 0.335 e. The Kier molecular flexibility index (Phi) is 3.62. The maximum atomic E-state index is 11.8. The average Bonchev–Trinajstić information content (AvgIpc) is 3.11. The van der Waals surface area contributed by atoms with Gasteiger partial charge < -0.3 is 5.32 Å². The van der Waals surface area contributed by atoms with Crippen LogP contribution < -0.4 is 10.6 Å². The molecule has 104 valence electrons. The number of anilines is 1. The molecule has 0 aromatic carbocycles. The van der Waals surface area contributed by atoms with Crippen molar-refractivity contribution in [3.8, 4) is 5.82 Å². The molecule has 6 nitrogen and oxygen atoms in total. The summed E-state index contributed by atoms with van der Waals surface area (Å²) in [5, 5.41) is 9.99. The van der Waals surface area contributed by atoms with Crippen molar-refractivity contribution in [2.45, 2.75) is 31.7 Å². The Morgan fingerprint density at radius 1 is 1.25 bits per heavy atom. The van der Waals surface area contributed by atoms with Crippen LogP contribution in [-0.2, 0) is 0 Å². The smallest absolute Gasteiger partial charge is 0.320 e. The van der Waals surface area contributed by atoms with Crippen LogP contribution in [0.3, 0.4) is 0 Å². The maximum absolute atomic E-state index is 11.8. The SMILES string of the molecule is O=C(Nc1ccn(-c2ccccn2)n1)NC1CCCC1. The van der Waals surface area contributed by atoms with Crippen molar-refractivity contribution in [3.05, 3.63) is 36.7 Å². The van der Waals surface area contributed by atoms with E-state index in [9.17, 15) is 4.79 Å². The van der Waals surface area contributed by atoms with Crippen molar-refractivity contribution in [1.82, 2.24) is 20.1 Å². The Labute approximate surface area is 117 Å². The number of nitrogens with one attached hydrogen (secondary N) is 2. The molecular formula is C14H17N5O. The maximum Gasteiger partial charge on any atom is 0.320 e. The second-order valence-corrected chi connectivity index (χ2v) is 4.91. The van der Waals surface area contributed by atoms with Gasteiger partial charge in [0.2, 0.25) is 0 Å². The van der Waals surface area contributed by atoms with E-state index in [0.717, 1.165) is 18.7 Å². The van der Waals surface area contributed by atoms with Gasteiger partial charge >= 0.3 is 6.03 Å². The Balaban J connectivity index is 1.61. The molecule has 0 radical (unpaired) electrons. The molecule has 3 rings (SSSR count).